The molecule has 1 saturated heterocycles. The summed E-state index contributed by atoms with van der Waals surface area (Å²) in [6, 6.07) is 40.4. The van der Waals surface area contributed by atoms with E-state index in [1.54, 1.807) is 0 Å². The van der Waals surface area contributed by atoms with Crippen LogP contribution in [-0.4, -0.2) is 55.3 Å². The van der Waals surface area contributed by atoms with Gasteiger partial charge in [0.1, 0.15) is 24.4 Å². The van der Waals surface area contributed by atoms with Gasteiger partial charge >= 0.3 is 0 Å². The molecule has 0 aliphatic carbocycles. The summed E-state index contributed by atoms with van der Waals surface area (Å²) in [6.07, 6.45) is -2.49. The van der Waals surface area contributed by atoms with Gasteiger partial charge in [-0.2, -0.15) is 0 Å². The molecule has 1 heterocycles. The van der Waals surface area contributed by atoms with E-state index < -0.39 is 48.7 Å². The van der Waals surface area contributed by atoms with Crippen LogP contribution in [0.5, 0.6) is 0 Å². The van der Waals surface area contributed by atoms with Gasteiger partial charge in [-0.15, -0.1) is 0 Å². The van der Waals surface area contributed by atoms with E-state index in [-0.39, 0.29) is 6.61 Å². The summed E-state index contributed by atoms with van der Waals surface area (Å²) in [7, 11) is -3.01. The maximum absolute atomic E-state index is 14.4. The highest BCUT2D eigenvalue weighted by Crippen LogP contribution is 2.34. The van der Waals surface area contributed by atoms with Crippen molar-refractivity contribution in [1.29, 1.82) is 0 Å². The molecule has 0 aromatic heterocycles. The van der Waals surface area contributed by atoms with E-state index in [4.69, 9.17) is 23.7 Å². The first-order chi connectivity index (χ1) is 23.3. The molecule has 1 aliphatic rings. The van der Waals surface area contributed by atoms with E-state index in [9.17, 15) is 4.21 Å². The van der Waals surface area contributed by atoms with Crippen LogP contribution < -0.4 is 0 Å². The second kappa shape index (κ2) is 18.0. The molecule has 48 heavy (non-hydrogen) atoms. The number of rotatable bonds is 17. The molecule has 0 saturated carbocycles. The molecule has 5 rings (SSSR count). The van der Waals surface area contributed by atoms with Crippen molar-refractivity contribution in [2.24, 2.45) is 0 Å². The third kappa shape index (κ3) is 10.9. The van der Waals surface area contributed by atoms with Crippen molar-refractivity contribution >= 4 is 18.9 Å². The lowest BCUT2D eigenvalue weighted by Crippen LogP contribution is -2.62. The summed E-state index contributed by atoms with van der Waals surface area (Å²) in [5.74, 6) is 0. The van der Waals surface area contributed by atoms with Crippen LogP contribution in [0, 0.1) is 0 Å². The zero-order valence-electron chi connectivity index (χ0n) is 28.2. The van der Waals surface area contributed by atoms with Crippen molar-refractivity contribution in [2.45, 2.75) is 80.3 Å². The fraction of sp³-hybridized carbons (Fsp3) is 0.350. The summed E-state index contributed by atoms with van der Waals surface area (Å²) in [5.41, 5.74) is 3.27. The second-order valence-corrected chi connectivity index (χ2v) is 20.4. The fourth-order valence-corrected chi connectivity index (χ4v) is 8.87. The number of hydrogen-bond donors (Lipinski definition) is 0. The Morgan fingerprint density at radius 1 is 0.667 bits per heavy atom. The average Bonchev–Trinajstić information content (AvgIpc) is 3.10. The SMILES string of the molecule is C=C(CO[C@@H]1[C@@H](OCc2ccccc2)[C@H](OCc2ccccc2)[C@@H](COCc2ccccc2)O[C@H]1S(=O)c1ccccc1)C[Si](C)(C)C. The predicted molar refractivity (Wildman–Crippen MR) is 195 cm³/mol. The smallest absolute Gasteiger partial charge is 0.166 e. The van der Waals surface area contributed by atoms with Crippen LogP contribution in [0.1, 0.15) is 16.7 Å². The molecule has 0 spiro atoms. The zero-order chi connectivity index (χ0) is 33.8. The summed E-state index contributed by atoms with van der Waals surface area (Å²) in [6.45, 7) is 12.9. The topological polar surface area (TPSA) is 63.2 Å². The highest BCUT2D eigenvalue weighted by atomic mass is 32.2. The number of benzene rings is 4. The Balaban J connectivity index is 1.49. The maximum Gasteiger partial charge on any atom is 0.166 e. The van der Waals surface area contributed by atoms with Gasteiger partial charge in [0.2, 0.25) is 0 Å². The van der Waals surface area contributed by atoms with Crippen LogP contribution in [0.15, 0.2) is 138 Å². The Hall–Kier alpha value is -3.21. The lowest BCUT2D eigenvalue weighted by atomic mass is 9.99. The van der Waals surface area contributed by atoms with E-state index in [2.05, 4.69) is 26.2 Å². The second-order valence-electron chi connectivity index (χ2n) is 13.4. The molecule has 1 fully saturated rings. The normalized spacial score (nSPS) is 21.9. The molecule has 0 bridgehead atoms. The third-order valence-corrected chi connectivity index (χ3v) is 11.1. The molecular formula is C40H48O6SSi. The van der Waals surface area contributed by atoms with Crippen LogP contribution in [0.3, 0.4) is 0 Å². The van der Waals surface area contributed by atoms with Gasteiger partial charge in [0.15, 0.2) is 5.44 Å². The standard InChI is InChI=1S/C40H48O6SSi/c1-31(30-48(2,3)4)25-43-39-38(45-28-34-21-13-7-14-22-34)37(44-27-33-19-11-6-12-20-33)36(29-42-26-32-17-9-5-10-18-32)46-40(39)47(41)35-23-15-8-16-24-35/h5-24,36-40H,1,25-30H2,2-4H3/t36-,37-,38+,39-,40+,47?/m1/s1. The predicted octanol–water partition coefficient (Wildman–Crippen LogP) is 8.19. The molecule has 4 aromatic rings. The molecule has 1 aliphatic heterocycles. The largest absolute Gasteiger partial charge is 0.374 e. The van der Waals surface area contributed by atoms with Crippen LogP contribution in [-0.2, 0) is 54.3 Å². The molecule has 254 valence electrons. The molecule has 4 aromatic carbocycles. The minimum absolute atomic E-state index is 0.219. The first-order valence-corrected chi connectivity index (χ1v) is 21.5. The highest BCUT2D eigenvalue weighted by Gasteiger charge is 2.51. The van der Waals surface area contributed by atoms with E-state index in [0.29, 0.717) is 31.3 Å². The van der Waals surface area contributed by atoms with Crippen molar-refractivity contribution in [3.63, 3.8) is 0 Å². The van der Waals surface area contributed by atoms with E-state index in [0.717, 1.165) is 28.3 Å². The van der Waals surface area contributed by atoms with Gasteiger partial charge in [-0.3, -0.25) is 4.21 Å². The zero-order valence-corrected chi connectivity index (χ0v) is 30.1. The fourth-order valence-electron chi connectivity index (χ4n) is 5.86. The molecular weight excluding hydrogens is 637 g/mol. The van der Waals surface area contributed by atoms with Crippen LogP contribution >= 0.6 is 0 Å². The van der Waals surface area contributed by atoms with Crippen LogP contribution in [0.4, 0.5) is 0 Å². The molecule has 0 N–H and O–H groups in total. The summed E-state index contributed by atoms with van der Waals surface area (Å²) < 4.78 is 47.7. The van der Waals surface area contributed by atoms with Gasteiger partial charge in [0.05, 0.1) is 43.8 Å². The van der Waals surface area contributed by atoms with E-state index in [1.807, 2.05) is 121 Å². The van der Waals surface area contributed by atoms with E-state index >= 15 is 0 Å². The van der Waals surface area contributed by atoms with Gasteiger partial charge in [0, 0.05) is 13.0 Å². The number of hydrogen-bond acceptors (Lipinski definition) is 6. The van der Waals surface area contributed by atoms with Crippen molar-refractivity contribution in [2.75, 3.05) is 13.2 Å². The first-order valence-electron chi connectivity index (χ1n) is 16.6. The Bertz CT molecular complexity index is 1550. The van der Waals surface area contributed by atoms with Crippen molar-refractivity contribution in [3.05, 3.63) is 150 Å². The van der Waals surface area contributed by atoms with Gasteiger partial charge in [-0.05, 0) is 34.9 Å². The molecule has 6 nitrogen and oxygen atoms in total. The van der Waals surface area contributed by atoms with Gasteiger partial charge in [-0.1, -0.05) is 141 Å². The average molecular weight is 685 g/mol. The summed E-state index contributed by atoms with van der Waals surface area (Å²) >= 11 is 0. The lowest BCUT2D eigenvalue weighted by molar-refractivity contribution is -0.252. The Morgan fingerprint density at radius 2 is 1.15 bits per heavy atom. The van der Waals surface area contributed by atoms with Crippen molar-refractivity contribution in [3.8, 4) is 0 Å². The van der Waals surface area contributed by atoms with Crippen molar-refractivity contribution in [1.82, 2.24) is 0 Å². The highest BCUT2D eigenvalue weighted by molar-refractivity contribution is 7.85. The van der Waals surface area contributed by atoms with Crippen LogP contribution in [0.25, 0.3) is 0 Å². The Morgan fingerprint density at radius 3 is 1.67 bits per heavy atom. The lowest BCUT2D eigenvalue weighted by Gasteiger charge is -2.46. The monoisotopic (exact) mass is 684 g/mol. The van der Waals surface area contributed by atoms with Gasteiger partial charge in [-0.25, -0.2) is 0 Å². The Labute approximate surface area is 289 Å². The van der Waals surface area contributed by atoms with E-state index in [1.165, 1.54) is 0 Å². The van der Waals surface area contributed by atoms with Crippen LogP contribution in [0.2, 0.25) is 25.7 Å². The van der Waals surface area contributed by atoms with Crippen molar-refractivity contribution < 1.29 is 27.9 Å². The maximum atomic E-state index is 14.4. The minimum atomic E-state index is -1.58. The first kappa shape index (κ1) is 36.1. The molecule has 0 amide bonds. The van der Waals surface area contributed by atoms with Gasteiger partial charge < -0.3 is 23.7 Å². The Kier molecular flexibility index (Phi) is 13.5. The molecule has 6 atom stereocenters. The molecule has 1 unspecified atom stereocenters. The quantitative estimate of drug-likeness (QED) is 0.0826. The summed E-state index contributed by atoms with van der Waals surface area (Å²) in [5, 5.41) is 0. The minimum Gasteiger partial charge on any atom is -0.374 e. The molecule has 8 heteroatoms. The third-order valence-electron chi connectivity index (χ3n) is 8.00. The summed E-state index contributed by atoms with van der Waals surface area (Å²) in [4.78, 5) is 0.659. The number of ether oxygens (including phenoxy) is 5. The molecule has 0 radical (unpaired) electrons. The van der Waals surface area contributed by atoms with Gasteiger partial charge in [0.25, 0.3) is 0 Å².